The standard InChI is InChI=1S/C14H17N3O3S/c1-9-10(21-8-15-9)7-17-12(19)14(5-3-2-4-6-14)11(18)16-13(17)20/h8H,2-7H2,1H3,(H,16,18,20). The van der Waals surface area contributed by atoms with Crippen molar-refractivity contribution in [3.05, 3.63) is 16.1 Å². The second-order valence-electron chi connectivity index (χ2n) is 5.65. The lowest BCUT2D eigenvalue weighted by Gasteiger charge is -2.41. The Kier molecular flexibility index (Phi) is 3.52. The van der Waals surface area contributed by atoms with Gasteiger partial charge in [0.05, 0.1) is 17.7 Å². The molecule has 2 heterocycles. The third-order valence-electron chi connectivity index (χ3n) is 4.41. The highest BCUT2D eigenvalue weighted by atomic mass is 32.1. The van der Waals surface area contributed by atoms with E-state index in [1.165, 1.54) is 16.2 Å². The number of barbiturate groups is 1. The molecule has 7 heteroatoms. The van der Waals surface area contributed by atoms with E-state index in [1.807, 2.05) is 6.92 Å². The van der Waals surface area contributed by atoms with E-state index in [0.29, 0.717) is 12.8 Å². The van der Waals surface area contributed by atoms with E-state index in [-0.39, 0.29) is 12.5 Å². The molecule has 2 aliphatic rings. The first kappa shape index (κ1) is 14.2. The van der Waals surface area contributed by atoms with E-state index in [2.05, 4.69) is 10.3 Å². The van der Waals surface area contributed by atoms with Crippen LogP contribution >= 0.6 is 11.3 Å². The summed E-state index contributed by atoms with van der Waals surface area (Å²) in [5.41, 5.74) is 1.47. The largest absolute Gasteiger partial charge is 0.331 e. The van der Waals surface area contributed by atoms with Crippen molar-refractivity contribution in [2.75, 3.05) is 0 Å². The van der Waals surface area contributed by atoms with Crippen LogP contribution in [0.2, 0.25) is 0 Å². The average Bonchev–Trinajstić information content (AvgIpc) is 2.88. The van der Waals surface area contributed by atoms with Gasteiger partial charge >= 0.3 is 6.03 Å². The number of imide groups is 2. The maximum atomic E-state index is 12.8. The van der Waals surface area contributed by atoms with Gasteiger partial charge in [0, 0.05) is 4.88 Å². The Hall–Kier alpha value is -1.76. The highest BCUT2D eigenvalue weighted by Crippen LogP contribution is 2.40. The smallest absolute Gasteiger partial charge is 0.277 e. The van der Waals surface area contributed by atoms with Crippen molar-refractivity contribution < 1.29 is 14.4 Å². The van der Waals surface area contributed by atoms with E-state index in [9.17, 15) is 14.4 Å². The van der Waals surface area contributed by atoms with Crippen molar-refractivity contribution in [1.29, 1.82) is 0 Å². The minimum atomic E-state index is -1.04. The summed E-state index contributed by atoms with van der Waals surface area (Å²) >= 11 is 1.41. The predicted molar refractivity (Wildman–Crippen MR) is 76.5 cm³/mol. The minimum Gasteiger partial charge on any atom is -0.277 e. The van der Waals surface area contributed by atoms with Crippen LogP contribution < -0.4 is 5.32 Å². The number of nitrogens with one attached hydrogen (secondary N) is 1. The second-order valence-corrected chi connectivity index (χ2v) is 6.59. The van der Waals surface area contributed by atoms with Crippen molar-refractivity contribution >= 4 is 29.2 Å². The van der Waals surface area contributed by atoms with Gasteiger partial charge in [-0.2, -0.15) is 0 Å². The van der Waals surface area contributed by atoms with Crippen LogP contribution in [-0.4, -0.2) is 27.7 Å². The maximum Gasteiger partial charge on any atom is 0.331 e. The number of hydrogen-bond donors (Lipinski definition) is 1. The van der Waals surface area contributed by atoms with Crippen molar-refractivity contribution in [2.45, 2.75) is 45.6 Å². The van der Waals surface area contributed by atoms with Crippen LogP contribution in [0.15, 0.2) is 5.51 Å². The third-order valence-corrected chi connectivity index (χ3v) is 5.33. The van der Waals surface area contributed by atoms with Gasteiger partial charge in [-0.3, -0.25) is 19.8 Å². The molecular formula is C14H17N3O3S. The van der Waals surface area contributed by atoms with Gasteiger partial charge in [0.2, 0.25) is 11.8 Å². The normalized spacial score (nSPS) is 21.8. The molecule has 112 valence electrons. The molecule has 21 heavy (non-hydrogen) atoms. The molecule has 1 aliphatic heterocycles. The predicted octanol–water partition coefficient (Wildman–Crippen LogP) is 1.98. The number of hydrogen-bond acceptors (Lipinski definition) is 5. The zero-order chi connectivity index (χ0) is 15.0. The van der Waals surface area contributed by atoms with Crippen LogP contribution in [0.4, 0.5) is 4.79 Å². The lowest BCUT2D eigenvalue weighted by Crippen LogP contribution is -2.63. The summed E-state index contributed by atoms with van der Waals surface area (Å²) in [6.07, 6.45) is 3.79. The number of amides is 4. The molecule has 1 aromatic heterocycles. The lowest BCUT2D eigenvalue weighted by atomic mass is 9.71. The second kappa shape index (κ2) is 5.22. The van der Waals surface area contributed by atoms with Crippen molar-refractivity contribution in [2.24, 2.45) is 5.41 Å². The molecule has 4 amide bonds. The molecule has 1 N–H and O–H groups in total. The summed E-state index contributed by atoms with van der Waals surface area (Å²) in [6.45, 7) is 2.04. The molecule has 1 aromatic rings. The maximum absolute atomic E-state index is 12.8. The number of urea groups is 1. The minimum absolute atomic E-state index is 0.191. The van der Waals surface area contributed by atoms with Gasteiger partial charge in [-0.1, -0.05) is 19.3 Å². The highest BCUT2D eigenvalue weighted by molar-refractivity contribution is 7.09. The van der Waals surface area contributed by atoms with Gasteiger partial charge < -0.3 is 0 Å². The van der Waals surface area contributed by atoms with Gasteiger partial charge in [0.1, 0.15) is 5.41 Å². The number of carbonyl (C=O) groups excluding carboxylic acids is 3. The molecule has 0 bridgehead atoms. The first-order valence-electron chi connectivity index (χ1n) is 7.11. The summed E-state index contributed by atoms with van der Waals surface area (Å²) in [5.74, 6) is -0.766. The number of thiazole rings is 1. The summed E-state index contributed by atoms with van der Waals surface area (Å²) in [5, 5.41) is 2.36. The first-order chi connectivity index (χ1) is 10.0. The quantitative estimate of drug-likeness (QED) is 0.847. The summed E-state index contributed by atoms with van der Waals surface area (Å²) in [7, 11) is 0. The molecule has 1 saturated heterocycles. The van der Waals surface area contributed by atoms with Crippen LogP contribution in [0.5, 0.6) is 0 Å². The Morgan fingerprint density at radius 1 is 1.29 bits per heavy atom. The van der Waals surface area contributed by atoms with Crippen molar-refractivity contribution in [1.82, 2.24) is 15.2 Å². The molecule has 6 nitrogen and oxygen atoms in total. The summed E-state index contributed by atoms with van der Waals surface area (Å²) in [6, 6.07) is -0.617. The SMILES string of the molecule is Cc1ncsc1CN1C(=O)NC(=O)C2(CCCCC2)C1=O. The monoisotopic (exact) mass is 307 g/mol. The molecule has 2 fully saturated rings. The van der Waals surface area contributed by atoms with E-state index in [4.69, 9.17) is 0 Å². The topological polar surface area (TPSA) is 79.4 Å². The van der Waals surface area contributed by atoms with Gasteiger partial charge in [-0.15, -0.1) is 11.3 Å². The molecule has 0 unspecified atom stereocenters. The van der Waals surface area contributed by atoms with Crippen LogP contribution in [0.1, 0.15) is 42.7 Å². The zero-order valence-electron chi connectivity index (χ0n) is 11.8. The molecule has 0 atom stereocenters. The average molecular weight is 307 g/mol. The summed E-state index contributed by atoms with van der Waals surface area (Å²) in [4.78, 5) is 43.2. The fourth-order valence-electron chi connectivity index (χ4n) is 3.09. The molecule has 1 aliphatic carbocycles. The van der Waals surface area contributed by atoms with E-state index < -0.39 is 17.4 Å². The Labute approximate surface area is 126 Å². The van der Waals surface area contributed by atoms with Gasteiger partial charge in [0.15, 0.2) is 0 Å². The summed E-state index contributed by atoms with van der Waals surface area (Å²) < 4.78 is 0. The Morgan fingerprint density at radius 2 is 2.00 bits per heavy atom. The molecule has 0 radical (unpaired) electrons. The van der Waals surface area contributed by atoms with Crippen LogP contribution in [0.3, 0.4) is 0 Å². The van der Waals surface area contributed by atoms with Crippen molar-refractivity contribution in [3.63, 3.8) is 0 Å². The third kappa shape index (κ3) is 2.25. The van der Waals surface area contributed by atoms with E-state index >= 15 is 0 Å². The number of nitrogens with zero attached hydrogens (tertiary/aromatic N) is 2. The van der Waals surface area contributed by atoms with E-state index in [0.717, 1.165) is 29.8 Å². The zero-order valence-corrected chi connectivity index (χ0v) is 12.7. The molecule has 3 rings (SSSR count). The molecule has 0 aromatic carbocycles. The molecular weight excluding hydrogens is 290 g/mol. The molecule has 1 saturated carbocycles. The van der Waals surface area contributed by atoms with Crippen LogP contribution in [0.25, 0.3) is 0 Å². The Balaban J connectivity index is 1.89. The number of aromatic nitrogens is 1. The van der Waals surface area contributed by atoms with E-state index in [1.54, 1.807) is 5.51 Å². The van der Waals surface area contributed by atoms with Gasteiger partial charge in [0.25, 0.3) is 0 Å². The van der Waals surface area contributed by atoms with Crippen LogP contribution in [0, 0.1) is 12.3 Å². The Bertz CT molecular complexity index is 604. The fraction of sp³-hybridized carbons (Fsp3) is 0.571. The first-order valence-corrected chi connectivity index (χ1v) is 7.99. The lowest BCUT2D eigenvalue weighted by molar-refractivity contribution is -0.154. The molecule has 1 spiro atoms. The van der Waals surface area contributed by atoms with Gasteiger partial charge in [-0.05, 0) is 19.8 Å². The number of carbonyl (C=O) groups is 3. The number of aryl methyl sites for hydroxylation is 1. The Morgan fingerprint density at radius 3 is 2.62 bits per heavy atom. The van der Waals surface area contributed by atoms with Crippen LogP contribution in [-0.2, 0) is 16.1 Å². The fourth-order valence-corrected chi connectivity index (χ4v) is 3.86. The number of rotatable bonds is 2. The van der Waals surface area contributed by atoms with Crippen molar-refractivity contribution in [3.8, 4) is 0 Å². The highest BCUT2D eigenvalue weighted by Gasteiger charge is 2.53. The van der Waals surface area contributed by atoms with Gasteiger partial charge in [-0.25, -0.2) is 9.78 Å².